The van der Waals surface area contributed by atoms with Crippen LogP contribution in [0.15, 0.2) is 42.5 Å². The Labute approximate surface area is 183 Å². The molecule has 5 nitrogen and oxygen atoms in total. The third kappa shape index (κ3) is 4.46. The number of aliphatic hydroxyl groups is 1. The molecule has 3 aliphatic rings. The normalized spacial score (nSPS) is 20.5. The summed E-state index contributed by atoms with van der Waals surface area (Å²) in [5.41, 5.74) is 4.19. The first-order valence-corrected chi connectivity index (χ1v) is 11.4. The predicted molar refractivity (Wildman–Crippen MR) is 120 cm³/mol. The van der Waals surface area contributed by atoms with Crippen LogP contribution in [0.3, 0.4) is 0 Å². The van der Waals surface area contributed by atoms with E-state index < -0.39 is 6.10 Å². The molecule has 0 unspecified atom stereocenters. The smallest absolute Gasteiger partial charge is 0.230 e. The maximum Gasteiger partial charge on any atom is 0.230 e. The monoisotopic (exact) mass is 423 g/mol. The first-order chi connectivity index (χ1) is 15.1. The predicted octanol–water partition coefficient (Wildman–Crippen LogP) is 3.37. The molecular weight excluding hydrogens is 393 g/mol. The second-order valence-electron chi connectivity index (χ2n) is 9.04. The molecule has 0 bridgehead atoms. The summed E-state index contributed by atoms with van der Waals surface area (Å²) in [7, 11) is 0. The molecular formula is C25H30FN3O2. The molecule has 2 heterocycles. The number of amides is 1. The quantitative estimate of drug-likeness (QED) is 0.801. The highest BCUT2D eigenvalue weighted by Crippen LogP contribution is 2.36. The fourth-order valence-corrected chi connectivity index (χ4v) is 4.79. The molecule has 1 amide bonds. The highest BCUT2D eigenvalue weighted by molar-refractivity contribution is 5.97. The van der Waals surface area contributed by atoms with Gasteiger partial charge in [0.2, 0.25) is 5.91 Å². The van der Waals surface area contributed by atoms with E-state index >= 15 is 0 Å². The number of piperazine rings is 1. The van der Waals surface area contributed by atoms with E-state index in [0.717, 1.165) is 75.3 Å². The van der Waals surface area contributed by atoms with Gasteiger partial charge in [0.05, 0.1) is 6.10 Å². The van der Waals surface area contributed by atoms with Gasteiger partial charge in [-0.05, 0) is 67.1 Å². The Morgan fingerprint density at radius 1 is 1.03 bits per heavy atom. The number of hydrogen-bond acceptors (Lipinski definition) is 4. The summed E-state index contributed by atoms with van der Waals surface area (Å²) in [6, 6.07) is 12.8. The third-order valence-electron chi connectivity index (χ3n) is 6.79. The maximum atomic E-state index is 13.2. The Hall–Kier alpha value is -2.44. The zero-order chi connectivity index (χ0) is 21.4. The van der Waals surface area contributed by atoms with Crippen molar-refractivity contribution in [2.45, 2.75) is 31.8 Å². The second-order valence-corrected chi connectivity index (χ2v) is 9.04. The molecule has 2 aromatic rings. The molecule has 1 saturated heterocycles. The van der Waals surface area contributed by atoms with Crippen molar-refractivity contribution in [3.63, 3.8) is 0 Å². The van der Waals surface area contributed by atoms with Gasteiger partial charge >= 0.3 is 0 Å². The van der Waals surface area contributed by atoms with Crippen molar-refractivity contribution in [1.82, 2.24) is 4.90 Å². The highest BCUT2D eigenvalue weighted by Gasteiger charge is 2.35. The molecule has 0 radical (unpaired) electrons. The van der Waals surface area contributed by atoms with Crippen molar-refractivity contribution in [3.05, 3.63) is 59.4 Å². The molecule has 5 rings (SSSR count). The number of carbonyl (C=O) groups is 1. The minimum absolute atomic E-state index is 0.212. The SMILES string of the molecule is O=C(C1CC1)N1CCCc2cc([C@H](O)CN3CCN(c4ccc(F)cc4)CC3)ccc21. The van der Waals surface area contributed by atoms with Crippen LogP contribution in [0.5, 0.6) is 0 Å². The lowest BCUT2D eigenvalue weighted by Crippen LogP contribution is -2.47. The molecule has 2 fully saturated rings. The molecule has 164 valence electrons. The molecule has 2 aliphatic heterocycles. The number of benzene rings is 2. The van der Waals surface area contributed by atoms with E-state index in [9.17, 15) is 14.3 Å². The lowest BCUT2D eigenvalue weighted by Gasteiger charge is -2.37. The molecule has 1 saturated carbocycles. The largest absolute Gasteiger partial charge is 0.387 e. The van der Waals surface area contributed by atoms with Crippen LogP contribution < -0.4 is 9.80 Å². The van der Waals surface area contributed by atoms with Gasteiger partial charge in [0.25, 0.3) is 0 Å². The van der Waals surface area contributed by atoms with Gasteiger partial charge in [-0.25, -0.2) is 4.39 Å². The number of anilines is 2. The molecule has 2 aromatic carbocycles. The van der Waals surface area contributed by atoms with E-state index in [2.05, 4.69) is 15.9 Å². The molecule has 0 spiro atoms. The van der Waals surface area contributed by atoms with Crippen molar-refractivity contribution >= 4 is 17.3 Å². The van der Waals surface area contributed by atoms with Crippen molar-refractivity contribution in [3.8, 4) is 0 Å². The fourth-order valence-electron chi connectivity index (χ4n) is 4.79. The molecule has 0 aromatic heterocycles. The van der Waals surface area contributed by atoms with E-state index in [1.165, 1.54) is 17.7 Å². The molecule has 6 heteroatoms. The van der Waals surface area contributed by atoms with Crippen molar-refractivity contribution in [2.24, 2.45) is 5.92 Å². The Bertz CT molecular complexity index is 936. The second kappa shape index (κ2) is 8.60. The summed E-state index contributed by atoms with van der Waals surface area (Å²) in [5.74, 6) is 0.286. The number of aryl methyl sites for hydroxylation is 1. The average molecular weight is 424 g/mol. The van der Waals surface area contributed by atoms with Crippen molar-refractivity contribution in [2.75, 3.05) is 49.1 Å². The Kier molecular flexibility index (Phi) is 5.67. The van der Waals surface area contributed by atoms with E-state index in [1.54, 1.807) is 0 Å². The first-order valence-electron chi connectivity index (χ1n) is 11.4. The first kappa shape index (κ1) is 20.5. The summed E-state index contributed by atoms with van der Waals surface area (Å²) in [6.07, 6.45) is 3.44. The summed E-state index contributed by atoms with van der Waals surface area (Å²) in [4.78, 5) is 19.1. The van der Waals surface area contributed by atoms with Crippen LogP contribution >= 0.6 is 0 Å². The van der Waals surface area contributed by atoms with Gasteiger partial charge in [0.15, 0.2) is 0 Å². The zero-order valence-corrected chi connectivity index (χ0v) is 17.8. The number of nitrogens with zero attached hydrogens (tertiary/aromatic N) is 3. The number of halogens is 1. The Morgan fingerprint density at radius 2 is 1.77 bits per heavy atom. The van der Waals surface area contributed by atoms with Crippen LogP contribution in [-0.4, -0.2) is 55.2 Å². The van der Waals surface area contributed by atoms with Gasteiger partial charge < -0.3 is 14.9 Å². The lowest BCUT2D eigenvalue weighted by atomic mass is 9.96. The van der Waals surface area contributed by atoms with E-state index in [1.807, 2.05) is 29.2 Å². The fraction of sp³-hybridized carbons (Fsp3) is 0.480. The number of β-amino-alcohol motifs (C(OH)–C–C–N with tert-alkyl or cyclic N) is 1. The van der Waals surface area contributed by atoms with E-state index in [-0.39, 0.29) is 17.6 Å². The van der Waals surface area contributed by atoms with Crippen LogP contribution in [0.2, 0.25) is 0 Å². The van der Waals surface area contributed by atoms with Crippen molar-refractivity contribution in [1.29, 1.82) is 0 Å². The van der Waals surface area contributed by atoms with E-state index in [0.29, 0.717) is 6.54 Å². The molecule has 1 aliphatic carbocycles. The summed E-state index contributed by atoms with van der Waals surface area (Å²) in [6.45, 7) is 4.86. The standard InChI is InChI=1S/C25H30FN3O2/c26-21-6-8-22(9-7-21)28-14-12-27(13-15-28)17-24(30)20-5-10-23-19(16-20)2-1-11-29(23)25(31)18-3-4-18/h5-10,16,18,24,30H,1-4,11-15,17H2/t24-/m1/s1. The Morgan fingerprint density at radius 3 is 2.48 bits per heavy atom. The minimum atomic E-state index is -0.544. The van der Waals surface area contributed by atoms with Crippen LogP contribution in [0.1, 0.15) is 36.5 Å². The molecule has 1 atom stereocenters. The number of carbonyl (C=O) groups excluding carboxylic acids is 1. The van der Waals surface area contributed by atoms with Gasteiger partial charge in [-0.1, -0.05) is 12.1 Å². The van der Waals surface area contributed by atoms with Gasteiger partial charge in [0, 0.05) is 56.6 Å². The highest BCUT2D eigenvalue weighted by atomic mass is 19.1. The van der Waals surface area contributed by atoms with Crippen LogP contribution in [0.4, 0.5) is 15.8 Å². The summed E-state index contributed by atoms with van der Waals surface area (Å²) < 4.78 is 13.2. The Balaban J connectivity index is 1.20. The van der Waals surface area contributed by atoms with Gasteiger partial charge in [-0.15, -0.1) is 0 Å². The average Bonchev–Trinajstić information content (AvgIpc) is 3.64. The third-order valence-corrected chi connectivity index (χ3v) is 6.79. The number of rotatable bonds is 5. The molecule has 31 heavy (non-hydrogen) atoms. The zero-order valence-electron chi connectivity index (χ0n) is 17.8. The number of hydrogen-bond donors (Lipinski definition) is 1. The number of aliphatic hydroxyl groups excluding tert-OH is 1. The number of fused-ring (bicyclic) bond motifs is 1. The lowest BCUT2D eigenvalue weighted by molar-refractivity contribution is -0.119. The summed E-state index contributed by atoms with van der Waals surface area (Å²) >= 11 is 0. The maximum absolute atomic E-state index is 13.2. The topological polar surface area (TPSA) is 47.0 Å². The molecule has 1 N–H and O–H groups in total. The van der Waals surface area contributed by atoms with Gasteiger partial charge in [-0.2, -0.15) is 0 Å². The van der Waals surface area contributed by atoms with Gasteiger partial charge in [0.1, 0.15) is 5.82 Å². The van der Waals surface area contributed by atoms with Gasteiger partial charge in [-0.3, -0.25) is 9.69 Å². The van der Waals surface area contributed by atoms with Crippen LogP contribution in [0, 0.1) is 11.7 Å². The van der Waals surface area contributed by atoms with E-state index in [4.69, 9.17) is 0 Å². The van der Waals surface area contributed by atoms with Crippen molar-refractivity contribution < 1.29 is 14.3 Å². The minimum Gasteiger partial charge on any atom is -0.387 e. The summed E-state index contributed by atoms with van der Waals surface area (Å²) in [5, 5.41) is 10.9. The van der Waals surface area contributed by atoms with Crippen LogP contribution in [-0.2, 0) is 11.2 Å². The van der Waals surface area contributed by atoms with Crippen LogP contribution in [0.25, 0.3) is 0 Å².